The van der Waals surface area contributed by atoms with Gasteiger partial charge in [-0.2, -0.15) is 5.10 Å². The number of rotatable bonds is 5. The molecule has 2 heterocycles. The van der Waals surface area contributed by atoms with Gasteiger partial charge >= 0.3 is 5.63 Å². The van der Waals surface area contributed by atoms with Crippen molar-refractivity contribution in [2.24, 2.45) is 0 Å². The van der Waals surface area contributed by atoms with Crippen molar-refractivity contribution in [2.45, 2.75) is 13.7 Å². The first-order chi connectivity index (χ1) is 14.4. The molecule has 0 saturated carbocycles. The largest absolute Gasteiger partial charge is 0.470 e. The molecule has 1 N–H and O–H groups in total. The maximum absolute atomic E-state index is 12.5. The van der Waals surface area contributed by atoms with Gasteiger partial charge in [0.15, 0.2) is 12.4 Å². The highest BCUT2D eigenvalue weighted by Crippen LogP contribution is 2.31. The summed E-state index contributed by atoms with van der Waals surface area (Å²) in [6, 6.07) is 13.2. The maximum atomic E-state index is 12.5. The molecule has 0 atom stereocenters. The van der Waals surface area contributed by atoms with Gasteiger partial charge in [0, 0.05) is 29.4 Å². The molecule has 30 heavy (non-hydrogen) atoms. The van der Waals surface area contributed by atoms with Crippen molar-refractivity contribution in [3.63, 3.8) is 0 Å². The predicted octanol–water partition coefficient (Wildman–Crippen LogP) is 4.89. The topological polar surface area (TPSA) is 86.4 Å². The van der Waals surface area contributed by atoms with Crippen molar-refractivity contribution in [3.8, 4) is 5.75 Å². The quantitative estimate of drug-likeness (QED) is 0.443. The van der Waals surface area contributed by atoms with Gasteiger partial charge in [0.05, 0.1) is 5.02 Å². The lowest BCUT2D eigenvalue weighted by Crippen LogP contribution is -2.14. The van der Waals surface area contributed by atoms with Gasteiger partial charge < -0.3 is 14.5 Å². The summed E-state index contributed by atoms with van der Waals surface area (Å²) >= 11 is 12.0. The van der Waals surface area contributed by atoms with Crippen LogP contribution in [0.3, 0.4) is 0 Å². The van der Waals surface area contributed by atoms with E-state index < -0.39 is 11.5 Å². The minimum absolute atomic E-state index is 0.0494. The number of nitrogens with zero attached hydrogens (tertiary/aromatic N) is 2. The van der Waals surface area contributed by atoms with Gasteiger partial charge in [-0.1, -0.05) is 29.3 Å². The fraction of sp³-hybridized carbons (Fsp3) is 0.0952. The van der Waals surface area contributed by atoms with E-state index in [0.717, 1.165) is 10.9 Å². The summed E-state index contributed by atoms with van der Waals surface area (Å²) in [7, 11) is 0. The van der Waals surface area contributed by atoms with Crippen LogP contribution in [0.2, 0.25) is 10.0 Å². The Balaban J connectivity index is 1.46. The molecule has 0 aliphatic rings. The molecule has 0 bridgehead atoms. The number of carbonyl (C=O) groups is 1. The van der Waals surface area contributed by atoms with Gasteiger partial charge in [-0.15, -0.1) is 0 Å². The van der Waals surface area contributed by atoms with Gasteiger partial charge in [0.1, 0.15) is 16.4 Å². The molecule has 0 radical (unpaired) electrons. The minimum Gasteiger partial charge on any atom is -0.470 e. The van der Waals surface area contributed by atoms with Gasteiger partial charge in [0.2, 0.25) is 0 Å². The number of aryl methyl sites for hydroxylation is 1. The van der Waals surface area contributed by atoms with Crippen LogP contribution in [0.25, 0.3) is 11.0 Å². The number of benzene rings is 2. The van der Waals surface area contributed by atoms with Crippen LogP contribution in [0.5, 0.6) is 5.75 Å². The monoisotopic (exact) mass is 443 g/mol. The molecule has 4 aromatic rings. The van der Waals surface area contributed by atoms with E-state index in [4.69, 9.17) is 32.4 Å². The molecule has 152 valence electrons. The summed E-state index contributed by atoms with van der Waals surface area (Å²) in [5, 5.41) is 8.42. The van der Waals surface area contributed by atoms with Crippen LogP contribution in [0.15, 0.2) is 63.9 Å². The van der Waals surface area contributed by atoms with E-state index in [1.54, 1.807) is 48.7 Å². The molecular weight excluding hydrogens is 429 g/mol. The smallest absolute Gasteiger partial charge is 0.336 e. The molecule has 7 nitrogen and oxygen atoms in total. The average Bonchev–Trinajstić information content (AvgIpc) is 3.18. The Morgan fingerprint density at radius 2 is 2.03 bits per heavy atom. The van der Waals surface area contributed by atoms with E-state index >= 15 is 0 Å². The molecule has 0 unspecified atom stereocenters. The number of amides is 1. The summed E-state index contributed by atoms with van der Waals surface area (Å²) in [6.07, 6.45) is 1.61. The second kappa shape index (κ2) is 8.22. The highest BCUT2D eigenvalue weighted by Gasteiger charge is 2.12. The number of carbonyl (C=O) groups excluding carboxylic acids is 1. The maximum Gasteiger partial charge on any atom is 0.336 e. The van der Waals surface area contributed by atoms with Crippen LogP contribution >= 0.6 is 23.2 Å². The number of fused-ring (bicyclic) bond motifs is 1. The molecule has 4 rings (SSSR count). The molecule has 0 spiro atoms. The molecule has 0 aliphatic carbocycles. The highest BCUT2D eigenvalue weighted by atomic mass is 35.5. The first kappa shape index (κ1) is 20.0. The minimum atomic E-state index is -0.443. The number of aromatic nitrogens is 2. The molecule has 0 fully saturated rings. The van der Waals surface area contributed by atoms with Crippen molar-refractivity contribution in [1.82, 2.24) is 9.78 Å². The third kappa shape index (κ3) is 4.17. The number of hydrogen-bond acceptors (Lipinski definition) is 5. The number of hydrogen-bond donors (Lipinski definition) is 1. The van der Waals surface area contributed by atoms with E-state index in [9.17, 15) is 9.59 Å². The summed E-state index contributed by atoms with van der Waals surface area (Å²) in [6.45, 7) is 1.87. The van der Waals surface area contributed by atoms with Crippen molar-refractivity contribution < 1.29 is 13.9 Å². The normalized spacial score (nSPS) is 10.9. The Morgan fingerprint density at radius 3 is 2.87 bits per heavy atom. The summed E-state index contributed by atoms with van der Waals surface area (Å²) in [5.41, 5.74) is 1.44. The molecule has 2 aromatic carbocycles. The first-order valence-corrected chi connectivity index (χ1v) is 9.62. The van der Waals surface area contributed by atoms with Crippen LogP contribution < -0.4 is 15.7 Å². The third-order valence-corrected chi connectivity index (χ3v) is 5.15. The lowest BCUT2D eigenvalue weighted by molar-refractivity contribution is 0.102. The SMILES string of the molecule is Cc1cc(=O)oc2cc(NC(=O)c3ccn(COc4cccc(Cl)c4Cl)n3)ccc12. The summed E-state index contributed by atoms with van der Waals surface area (Å²) in [5.74, 6) is 0.00232. The van der Waals surface area contributed by atoms with E-state index in [2.05, 4.69) is 10.4 Å². The van der Waals surface area contributed by atoms with Gasteiger partial charge in [-0.05, 0) is 42.8 Å². The Kier molecular flexibility index (Phi) is 5.48. The number of nitrogens with one attached hydrogen (secondary N) is 1. The standard InChI is InChI=1S/C21H15Cl2N3O4/c1-12-9-19(27)30-18-10-13(5-6-14(12)18)24-21(28)16-7-8-26(25-16)11-29-17-4-2-3-15(22)20(17)23/h2-10H,11H2,1H3,(H,24,28). The Bertz CT molecular complexity index is 1310. The first-order valence-electron chi connectivity index (χ1n) is 8.87. The van der Waals surface area contributed by atoms with E-state index in [0.29, 0.717) is 27.1 Å². The molecular formula is C21H15Cl2N3O4. The van der Waals surface area contributed by atoms with Crippen LogP contribution in [0.1, 0.15) is 16.1 Å². The predicted molar refractivity (Wildman–Crippen MR) is 114 cm³/mol. The van der Waals surface area contributed by atoms with Gasteiger partial charge in [-0.25, -0.2) is 9.48 Å². The summed E-state index contributed by atoms with van der Waals surface area (Å²) < 4.78 is 12.3. The second-order valence-electron chi connectivity index (χ2n) is 6.48. The lowest BCUT2D eigenvalue weighted by atomic mass is 10.1. The second-order valence-corrected chi connectivity index (χ2v) is 7.26. The molecule has 1 amide bonds. The van der Waals surface area contributed by atoms with E-state index in [-0.39, 0.29) is 12.4 Å². The van der Waals surface area contributed by atoms with Crippen molar-refractivity contribution >= 4 is 45.8 Å². The highest BCUT2D eigenvalue weighted by molar-refractivity contribution is 6.42. The fourth-order valence-electron chi connectivity index (χ4n) is 2.88. The van der Waals surface area contributed by atoms with Crippen LogP contribution in [0, 0.1) is 6.92 Å². The zero-order chi connectivity index (χ0) is 21.3. The number of ether oxygens (including phenoxy) is 1. The van der Waals surface area contributed by atoms with E-state index in [1.807, 2.05) is 6.92 Å². The van der Waals surface area contributed by atoms with Gasteiger partial charge in [-0.3, -0.25) is 4.79 Å². The van der Waals surface area contributed by atoms with E-state index in [1.165, 1.54) is 10.7 Å². The number of halogens is 2. The summed E-state index contributed by atoms with van der Waals surface area (Å²) in [4.78, 5) is 24.1. The molecule has 0 aliphatic heterocycles. The average molecular weight is 444 g/mol. The zero-order valence-electron chi connectivity index (χ0n) is 15.7. The Hall–Kier alpha value is -3.29. The van der Waals surface area contributed by atoms with Crippen molar-refractivity contribution in [3.05, 3.63) is 86.5 Å². The molecule has 9 heteroatoms. The lowest BCUT2D eigenvalue weighted by Gasteiger charge is -2.08. The van der Waals surface area contributed by atoms with Crippen LogP contribution in [0.4, 0.5) is 5.69 Å². The number of anilines is 1. The third-order valence-electron chi connectivity index (χ3n) is 4.35. The van der Waals surface area contributed by atoms with Crippen LogP contribution in [-0.2, 0) is 6.73 Å². The fourth-order valence-corrected chi connectivity index (χ4v) is 3.23. The Morgan fingerprint density at radius 1 is 1.20 bits per heavy atom. The Labute approximate surface area is 180 Å². The zero-order valence-corrected chi connectivity index (χ0v) is 17.2. The van der Waals surface area contributed by atoms with Crippen molar-refractivity contribution in [1.29, 1.82) is 0 Å². The van der Waals surface area contributed by atoms with Crippen molar-refractivity contribution in [2.75, 3.05) is 5.32 Å². The molecule has 0 saturated heterocycles. The van der Waals surface area contributed by atoms with Gasteiger partial charge in [0.25, 0.3) is 5.91 Å². The molecule has 2 aromatic heterocycles. The van der Waals surface area contributed by atoms with Crippen LogP contribution in [-0.4, -0.2) is 15.7 Å².